The average molecular weight is 628 g/mol. The number of likely N-dealkylation sites (tertiary alicyclic amines) is 1. The molecule has 2 amide bonds. The molecule has 0 spiro atoms. The van der Waals surface area contributed by atoms with E-state index in [4.69, 9.17) is 20.4 Å². The van der Waals surface area contributed by atoms with Crippen molar-refractivity contribution in [3.63, 3.8) is 0 Å². The standard InChI is InChI=1S/C35H42FN7O3/c1-19-27-10-7-21-17-29(42(32(21)39-27)12-5-3-4-6-20-14-24(20)34(44)38-19)33-40-28-16-22(15-25(36)31(28)43(33)23-8-9-23)35(45)41-13-11-30(46-2)26(37)18-41/h7,10,15-17,19-20,23-24,26,30H,3-6,8-9,11-14,18,37H2,1-2H3,(H,38,44)/t19-,20-,24-,26+,30-/m1/s1. The zero-order chi connectivity index (χ0) is 31.7. The van der Waals surface area contributed by atoms with Crippen LogP contribution in [-0.4, -0.2) is 68.2 Å². The fourth-order valence-corrected chi connectivity index (χ4v) is 7.72. The van der Waals surface area contributed by atoms with Crippen molar-refractivity contribution in [1.29, 1.82) is 0 Å². The molecule has 4 aliphatic rings. The van der Waals surface area contributed by atoms with Gasteiger partial charge in [0.15, 0.2) is 5.82 Å². The Hall–Kier alpha value is -3.83. The molecule has 242 valence electrons. The van der Waals surface area contributed by atoms with E-state index in [1.807, 2.05) is 17.6 Å². The molecule has 4 aromatic rings. The van der Waals surface area contributed by atoms with Crippen LogP contribution >= 0.6 is 0 Å². The Balaban J connectivity index is 1.20. The van der Waals surface area contributed by atoms with Crippen molar-refractivity contribution >= 4 is 33.9 Å². The van der Waals surface area contributed by atoms with E-state index in [9.17, 15) is 9.59 Å². The van der Waals surface area contributed by atoms with Crippen LogP contribution in [0.1, 0.15) is 86.4 Å². The maximum Gasteiger partial charge on any atom is 0.254 e. The number of hydrogen-bond donors (Lipinski definition) is 2. The third kappa shape index (κ3) is 5.17. The van der Waals surface area contributed by atoms with E-state index in [1.165, 1.54) is 6.07 Å². The lowest BCUT2D eigenvalue weighted by atomic mass is 10.0. The molecule has 5 heterocycles. The molecular weight excluding hydrogens is 585 g/mol. The second-order valence-electron chi connectivity index (χ2n) is 13.9. The molecule has 2 aliphatic heterocycles. The number of aryl methyl sites for hydroxylation is 1. The van der Waals surface area contributed by atoms with E-state index in [0.29, 0.717) is 42.3 Å². The molecule has 3 aromatic heterocycles. The van der Waals surface area contributed by atoms with Crippen LogP contribution in [0.2, 0.25) is 0 Å². The summed E-state index contributed by atoms with van der Waals surface area (Å²) in [5.74, 6) is 0.771. The number of methoxy groups -OCH3 is 1. The number of pyridine rings is 1. The summed E-state index contributed by atoms with van der Waals surface area (Å²) in [6.45, 7) is 3.62. The molecule has 8 rings (SSSR count). The van der Waals surface area contributed by atoms with Crippen LogP contribution < -0.4 is 11.1 Å². The second kappa shape index (κ2) is 11.5. The number of aromatic nitrogens is 4. The Morgan fingerprint density at radius 3 is 2.70 bits per heavy atom. The zero-order valence-electron chi connectivity index (χ0n) is 26.5. The van der Waals surface area contributed by atoms with Crippen LogP contribution in [0.15, 0.2) is 30.3 Å². The van der Waals surface area contributed by atoms with E-state index in [-0.39, 0.29) is 47.5 Å². The largest absolute Gasteiger partial charge is 0.380 e. The van der Waals surface area contributed by atoms with E-state index < -0.39 is 5.82 Å². The van der Waals surface area contributed by atoms with E-state index >= 15 is 4.39 Å². The number of amides is 2. The van der Waals surface area contributed by atoms with E-state index in [0.717, 1.165) is 73.9 Å². The Labute approximate surface area is 267 Å². The number of nitrogens with two attached hydrogens (primary N) is 1. The molecule has 10 nitrogen and oxygen atoms in total. The number of nitrogens with zero attached hydrogens (tertiary/aromatic N) is 5. The molecule has 3 N–H and O–H groups in total. The number of hydrogen-bond acceptors (Lipinski definition) is 6. The third-order valence-electron chi connectivity index (χ3n) is 10.6. The van der Waals surface area contributed by atoms with Crippen LogP contribution in [0.3, 0.4) is 0 Å². The monoisotopic (exact) mass is 627 g/mol. The van der Waals surface area contributed by atoms with Gasteiger partial charge in [0.1, 0.15) is 17.0 Å². The van der Waals surface area contributed by atoms with Crippen molar-refractivity contribution in [3.8, 4) is 11.5 Å². The van der Waals surface area contributed by atoms with E-state index in [2.05, 4.69) is 22.0 Å². The minimum absolute atomic E-state index is 0.0957. The van der Waals surface area contributed by atoms with Gasteiger partial charge >= 0.3 is 0 Å². The SMILES string of the molecule is CO[C@@H]1CCN(C(=O)c2cc(F)c3c(c2)nc(-c2cc4ccc5nc4n2CCCCC[C@@H]2C[C@H]2C(=O)N[C@@H]5C)n3C2CC2)C[C@@H]1N. The first kappa shape index (κ1) is 29.6. The highest BCUT2D eigenvalue weighted by Gasteiger charge is 2.42. The molecule has 3 fully saturated rings. The molecule has 0 unspecified atom stereocenters. The smallest absolute Gasteiger partial charge is 0.254 e. The van der Waals surface area contributed by atoms with Gasteiger partial charge in [-0.2, -0.15) is 0 Å². The number of ether oxygens (including phenoxy) is 1. The van der Waals surface area contributed by atoms with Gasteiger partial charge in [-0.05, 0) is 81.7 Å². The molecule has 11 heteroatoms. The van der Waals surface area contributed by atoms with Crippen molar-refractivity contribution in [2.45, 2.75) is 89.1 Å². The number of benzene rings is 1. The van der Waals surface area contributed by atoms with Gasteiger partial charge in [-0.3, -0.25) is 9.59 Å². The van der Waals surface area contributed by atoms with Gasteiger partial charge in [0.2, 0.25) is 5.91 Å². The van der Waals surface area contributed by atoms with Crippen LogP contribution in [-0.2, 0) is 16.1 Å². The Morgan fingerprint density at radius 2 is 1.91 bits per heavy atom. The molecule has 1 saturated heterocycles. The number of carbonyl (C=O) groups excluding carboxylic acids is 2. The highest BCUT2D eigenvalue weighted by molar-refractivity contribution is 5.98. The quantitative estimate of drug-likeness (QED) is 0.325. The fraction of sp³-hybridized carbons (Fsp3) is 0.543. The van der Waals surface area contributed by atoms with Gasteiger partial charge in [-0.1, -0.05) is 12.8 Å². The van der Waals surface area contributed by atoms with Gasteiger partial charge in [0.05, 0.1) is 29.1 Å². The molecule has 2 saturated carbocycles. The lowest BCUT2D eigenvalue weighted by Gasteiger charge is -2.35. The minimum Gasteiger partial charge on any atom is -0.380 e. The molecule has 5 atom stereocenters. The predicted octanol–water partition coefficient (Wildman–Crippen LogP) is 5.10. The summed E-state index contributed by atoms with van der Waals surface area (Å²) in [5, 5.41) is 4.17. The summed E-state index contributed by atoms with van der Waals surface area (Å²) in [6.07, 6.45) is 7.63. The number of carbonyl (C=O) groups is 2. The summed E-state index contributed by atoms with van der Waals surface area (Å²) >= 11 is 0. The number of rotatable bonds is 4. The number of nitrogens with one attached hydrogen (secondary N) is 1. The number of imidazole rings is 1. The van der Waals surface area contributed by atoms with Crippen LogP contribution in [0.5, 0.6) is 0 Å². The lowest BCUT2D eigenvalue weighted by Crippen LogP contribution is -2.53. The van der Waals surface area contributed by atoms with Crippen LogP contribution in [0.4, 0.5) is 4.39 Å². The summed E-state index contributed by atoms with van der Waals surface area (Å²) in [4.78, 5) is 38.3. The van der Waals surface area contributed by atoms with Crippen molar-refractivity contribution in [2.24, 2.45) is 17.6 Å². The molecule has 2 aliphatic carbocycles. The van der Waals surface area contributed by atoms with Gasteiger partial charge in [-0.25, -0.2) is 14.4 Å². The van der Waals surface area contributed by atoms with Crippen molar-refractivity contribution in [3.05, 3.63) is 47.4 Å². The first-order valence-corrected chi connectivity index (χ1v) is 16.9. The average Bonchev–Trinajstić information content (AvgIpc) is 3.97. The normalized spacial score (nSPS) is 27.1. The highest BCUT2D eigenvalue weighted by atomic mass is 19.1. The van der Waals surface area contributed by atoms with E-state index in [1.54, 1.807) is 18.1 Å². The van der Waals surface area contributed by atoms with Gasteiger partial charge in [0, 0.05) is 55.7 Å². The molecule has 0 radical (unpaired) electrons. The number of fused-ring (bicyclic) bond motifs is 3. The van der Waals surface area contributed by atoms with Crippen molar-refractivity contribution in [2.75, 3.05) is 20.2 Å². The maximum absolute atomic E-state index is 16.1. The van der Waals surface area contributed by atoms with Gasteiger partial charge in [0.25, 0.3) is 5.91 Å². The Bertz CT molecular complexity index is 1840. The molecular formula is C35H42FN7O3. The van der Waals surface area contributed by atoms with Crippen molar-refractivity contribution in [1.82, 2.24) is 29.3 Å². The Morgan fingerprint density at radius 1 is 1.07 bits per heavy atom. The van der Waals surface area contributed by atoms with Gasteiger partial charge < -0.3 is 29.8 Å². The summed E-state index contributed by atoms with van der Waals surface area (Å²) in [6, 6.07) is 8.89. The second-order valence-corrected chi connectivity index (χ2v) is 13.9. The Kier molecular flexibility index (Phi) is 7.36. The highest BCUT2D eigenvalue weighted by Crippen LogP contribution is 2.44. The summed E-state index contributed by atoms with van der Waals surface area (Å²) in [5.41, 5.74) is 10.0. The summed E-state index contributed by atoms with van der Waals surface area (Å²) in [7, 11) is 1.63. The summed E-state index contributed by atoms with van der Waals surface area (Å²) < 4.78 is 25.8. The third-order valence-corrected chi connectivity index (χ3v) is 10.6. The first-order valence-electron chi connectivity index (χ1n) is 16.9. The number of halogens is 1. The zero-order valence-corrected chi connectivity index (χ0v) is 26.5. The fourth-order valence-electron chi connectivity index (χ4n) is 7.72. The van der Waals surface area contributed by atoms with Gasteiger partial charge in [-0.15, -0.1) is 0 Å². The van der Waals surface area contributed by atoms with Crippen molar-refractivity contribution < 1.29 is 18.7 Å². The lowest BCUT2D eigenvalue weighted by molar-refractivity contribution is -0.123. The first-order chi connectivity index (χ1) is 22.3. The minimum atomic E-state index is -0.442. The predicted molar refractivity (Wildman–Crippen MR) is 173 cm³/mol. The van der Waals surface area contributed by atoms with Crippen LogP contribution in [0.25, 0.3) is 33.6 Å². The number of piperidine rings is 1. The topological polar surface area (TPSA) is 120 Å². The maximum atomic E-state index is 16.1. The van der Waals surface area contributed by atoms with Crippen LogP contribution in [0, 0.1) is 17.7 Å². The molecule has 46 heavy (non-hydrogen) atoms. The molecule has 2 bridgehead atoms. The molecule has 1 aromatic carbocycles.